The van der Waals surface area contributed by atoms with Gasteiger partial charge in [0.05, 0.1) is 5.69 Å². The highest BCUT2D eigenvalue weighted by molar-refractivity contribution is 6.27. The largest absolute Gasteiger partial charge is 0.456 e. The predicted molar refractivity (Wildman–Crippen MR) is 194 cm³/mol. The van der Waals surface area contributed by atoms with Gasteiger partial charge >= 0.3 is 0 Å². The van der Waals surface area contributed by atoms with E-state index in [4.69, 9.17) is 4.42 Å². The molecule has 0 aliphatic heterocycles. The van der Waals surface area contributed by atoms with E-state index in [2.05, 4.69) is 175 Å². The first-order chi connectivity index (χ1) is 22.8. The van der Waals surface area contributed by atoms with Gasteiger partial charge < -0.3 is 9.32 Å². The summed E-state index contributed by atoms with van der Waals surface area (Å²) in [6.07, 6.45) is 0. The zero-order valence-electron chi connectivity index (χ0n) is 25.1. The van der Waals surface area contributed by atoms with E-state index in [0.29, 0.717) is 0 Å². The molecule has 2 heteroatoms. The number of furan rings is 1. The van der Waals surface area contributed by atoms with Gasteiger partial charge in [0.15, 0.2) is 0 Å². The predicted octanol–water partition coefficient (Wildman–Crippen LogP) is 12.7. The van der Waals surface area contributed by atoms with E-state index in [0.717, 1.165) is 33.6 Å². The second-order valence-electron chi connectivity index (χ2n) is 11.7. The third-order valence-electron chi connectivity index (χ3n) is 9.02. The SMILES string of the molecule is c1ccc(-c2cccc(N(c3cccc(-c4ccccc4)c3)c3cccc4c3ccc3ccc5oc6ccccc6c5c34)c2)cc1. The van der Waals surface area contributed by atoms with Crippen molar-refractivity contribution >= 4 is 60.5 Å². The Morgan fingerprint density at radius 1 is 0.348 bits per heavy atom. The first-order valence-corrected chi connectivity index (χ1v) is 15.7. The molecule has 8 aromatic carbocycles. The molecule has 216 valence electrons. The Hall–Kier alpha value is -6.12. The van der Waals surface area contributed by atoms with Crippen molar-refractivity contribution in [2.24, 2.45) is 0 Å². The van der Waals surface area contributed by atoms with Crippen LogP contribution in [0.25, 0.3) is 65.7 Å². The first kappa shape index (κ1) is 26.3. The molecule has 0 saturated heterocycles. The minimum atomic E-state index is 0.912. The van der Waals surface area contributed by atoms with Gasteiger partial charge in [0.2, 0.25) is 0 Å². The van der Waals surface area contributed by atoms with Crippen molar-refractivity contribution in [1.29, 1.82) is 0 Å². The smallest absolute Gasteiger partial charge is 0.136 e. The first-order valence-electron chi connectivity index (χ1n) is 15.7. The van der Waals surface area contributed by atoms with Crippen LogP contribution in [0.4, 0.5) is 17.1 Å². The lowest BCUT2D eigenvalue weighted by molar-refractivity contribution is 0.669. The summed E-state index contributed by atoms with van der Waals surface area (Å²) in [7, 11) is 0. The van der Waals surface area contributed by atoms with Crippen LogP contribution in [0.3, 0.4) is 0 Å². The number of hydrogen-bond donors (Lipinski definition) is 0. The Kier molecular flexibility index (Phi) is 6.17. The summed E-state index contributed by atoms with van der Waals surface area (Å²) >= 11 is 0. The molecule has 1 aromatic heterocycles. The molecular weight excluding hydrogens is 558 g/mol. The number of benzene rings is 8. The minimum Gasteiger partial charge on any atom is -0.456 e. The van der Waals surface area contributed by atoms with Crippen molar-refractivity contribution in [2.75, 3.05) is 4.90 Å². The van der Waals surface area contributed by atoms with E-state index in [1.165, 1.54) is 49.2 Å². The van der Waals surface area contributed by atoms with Gasteiger partial charge in [0.1, 0.15) is 11.2 Å². The average molecular weight is 588 g/mol. The molecule has 0 saturated carbocycles. The molecule has 0 fully saturated rings. The fourth-order valence-corrected chi connectivity index (χ4v) is 6.91. The van der Waals surface area contributed by atoms with Crippen LogP contribution in [-0.4, -0.2) is 0 Å². The number of anilines is 3. The van der Waals surface area contributed by atoms with Crippen LogP contribution in [0.5, 0.6) is 0 Å². The second kappa shape index (κ2) is 10.8. The Morgan fingerprint density at radius 2 is 0.913 bits per heavy atom. The van der Waals surface area contributed by atoms with Gasteiger partial charge in [-0.2, -0.15) is 0 Å². The highest BCUT2D eigenvalue weighted by Gasteiger charge is 2.19. The fourth-order valence-electron chi connectivity index (χ4n) is 6.91. The highest BCUT2D eigenvalue weighted by atomic mass is 16.3. The number of hydrogen-bond acceptors (Lipinski definition) is 2. The second-order valence-corrected chi connectivity index (χ2v) is 11.7. The summed E-state index contributed by atoms with van der Waals surface area (Å²) in [6, 6.07) is 62.7. The molecule has 0 atom stereocenters. The quantitative estimate of drug-likeness (QED) is 0.186. The van der Waals surface area contributed by atoms with E-state index in [-0.39, 0.29) is 0 Å². The van der Waals surface area contributed by atoms with Crippen molar-refractivity contribution in [3.05, 3.63) is 176 Å². The molecular formula is C44H29NO. The van der Waals surface area contributed by atoms with E-state index >= 15 is 0 Å². The van der Waals surface area contributed by atoms with E-state index in [1.807, 2.05) is 6.07 Å². The van der Waals surface area contributed by atoms with Crippen LogP contribution in [0.15, 0.2) is 180 Å². The molecule has 0 spiro atoms. The zero-order chi connectivity index (χ0) is 30.5. The summed E-state index contributed by atoms with van der Waals surface area (Å²) in [5.41, 5.74) is 9.90. The Morgan fingerprint density at radius 3 is 1.61 bits per heavy atom. The van der Waals surface area contributed by atoms with E-state index in [1.54, 1.807) is 0 Å². The molecule has 0 amide bonds. The summed E-state index contributed by atoms with van der Waals surface area (Å²) < 4.78 is 6.33. The number of para-hydroxylation sites is 1. The maximum absolute atomic E-state index is 6.33. The fraction of sp³-hybridized carbons (Fsp3) is 0. The van der Waals surface area contributed by atoms with Crippen LogP contribution in [0.1, 0.15) is 0 Å². The van der Waals surface area contributed by atoms with Crippen LogP contribution >= 0.6 is 0 Å². The molecule has 0 unspecified atom stereocenters. The van der Waals surface area contributed by atoms with Crippen LogP contribution in [0, 0.1) is 0 Å². The Labute approximate surface area is 267 Å². The van der Waals surface area contributed by atoms with Gasteiger partial charge in [-0.05, 0) is 75.5 Å². The standard InChI is InChI=1S/C44H29NO/c1-3-12-30(13-4-1)33-16-9-18-35(28-33)45(36-19-10-17-34(29-36)31-14-5-2-6-15-31)40-22-11-21-38-37(40)26-24-32-25-27-42-44(43(32)38)39-20-7-8-23-41(39)46-42/h1-29H. The number of fused-ring (bicyclic) bond motifs is 7. The minimum absolute atomic E-state index is 0.912. The summed E-state index contributed by atoms with van der Waals surface area (Å²) in [4.78, 5) is 2.40. The molecule has 46 heavy (non-hydrogen) atoms. The molecule has 0 aliphatic rings. The number of rotatable bonds is 5. The molecule has 1 heterocycles. The third-order valence-corrected chi connectivity index (χ3v) is 9.02. The molecule has 2 nitrogen and oxygen atoms in total. The van der Waals surface area contributed by atoms with Gasteiger partial charge in [-0.15, -0.1) is 0 Å². The molecule has 0 radical (unpaired) electrons. The van der Waals surface area contributed by atoms with Gasteiger partial charge in [-0.25, -0.2) is 0 Å². The average Bonchev–Trinajstić information content (AvgIpc) is 3.52. The maximum atomic E-state index is 6.33. The molecule has 0 aliphatic carbocycles. The number of nitrogens with zero attached hydrogens (tertiary/aromatic N) is 1. The van der Waals surface area contributed by atoms with Crippen molar-refractivity contribution in [3.63, 3.8) is 0 Å². The molecule has 9 aromatic rings. The summed E-state index contributed by atoms with van der Waals surface area (Å²) in [5, 5.41) is 7.12. The summed E-state index contributed by atoms with van der Waals surface area (Å²) in [6.45, 7) is 0. The zero-order valence-corrected chi connectivity index (χ0v) is 25.1. The lowest BCUT2D eigenvalue weighted by Crippen LogP contribution is -2.10. The lowest BCUT2D eigenvalue weighted by Gasteiger charge is -2.28. The molecule has 0 bridgehead atoms. The monoisotopic (exact) mass is 587 g/mol. The van der Waals surface area contributed by atoms with Crippen LogP contribution < -0.4 is 4.90 Å². The van der Waals surface area contributed by atoms with E-state index < -0.39 is 0 Å². The van der Waals surface area contributed by atoms with E-state index in [9.17, 15) is 0 Å². The topological polar surface area (TPSA) is 16.4 Å². The van der Waals surface area contributed by atoms with Crippen LogP contribution in [-0.2, 0) is 0 Å². The van der Waals surface area contributed by atoms with Gasteiger partial charge in [0, 0.05) is 32.9 Å². The van der Waals surface area contributed by atoms with Crippen molar-refractivity contribution in [2.45, 2.75) is 0 Å². The van der Waals surface area contributed by atoms with Crippen molar-refractivity contribution in [1.82, 2.24) is 0 Å². The van der Waals surface area contributed by atoms with Crippen LogP contribution in [0.2, 0.25) is 0 Å². The van der Waals surface area contributed by atoms with Gasteiger partial charge in [-0.1, -0.05) is 133 Å². The van der Waals surface area contributed by atoms with Gasteiger partial charge in [0.25, 0.3) is 0 Å². The molecule has 9 rings (SSSR count). The Bertz CT molecular complexity index is 2450. The maximum Gasteiger partial charge on any atom is 0.136 e. The van der Waals surface area contributed by atoms with Crippen molar-refractivity contribution < 1.29 is 4.42 Å². The van der Waals surface area contributed by atoms with Crippen molar-refractivity contribution in [3.8, 4) is 22.3 Å². The lowest BCUT2D eigenvalue weighted by atomic mass is 9.96. The Balaban J connectivity index is 1.33. The molecule has 0 N–H and O–H groups in total. The van der Waals surface area contributed by atoms with Gasteiger partial charge in [-0.3, -0.25) is 0 Å². The highest BCUT2D eigenvalue weighted by Crippen LogP contribution is 2.44. The normalized spacial score (nSPS) is 11.5. The third kappa shape index (κ3) is 4.35. The summed E-state index contributed by atoms with van der Waals surface area (Å²) in [5.74, 6) is 0.